The first-order chi connectivity index (χ1) is 11.6. The molecule has 0 spiro atoms. The summed E-state index contributed by atoms with van der Waals surface area (Å²) < 4.78 is 23.9. The first-order valence-electron chi connectivity index (χ1n) is 7.75. The van der Waals surface area contributed by atoms with Crippen LogP contribution in [0.25, 0.3) is 0 Å². The van der Waals surface area contributed by atoms with Crippen molar-refractivity contribution in [3.8, 4) is 5.75 Å². The van der Waals surface area contributed by atoms with Crippen LogP contribution in [0.1, 0.15) is 0 Å². The van der Waals surface area contributed by atoms with E-state index in [4.69, 9.17) is 9.47 Å². The van der Waals surface area contributed by atoms with E-state index in [-0.39, 0.29) is 30.7 Å². The first-order valence-corrected chi connectivity index (χ1v) is 7.75. The summed E-state index contributed by atoms with van der Waals surface area (Å²) in [5, 5.41) is 0. The fourth-order valence-electron chi connectivity index (χ4n) is 2.12. The summed E-state index contributed by atoms with van der Waals surface area (Å²) in [5.41, 5.74) is 0. The standard InChI is InChI=1S/C17H21FN2O4/c1-19(8-13-24-15-5-3-2-4-14(15)18)16(21)6-7-17(22)20-9-11-23-12-10-20/h2-7H,8-13H2,1H3. The monoisotopic (exact) mass is 336 g/mol. The number of rotatable bonds is 6. The Morgan fingerprint density at radius 2 is 2.00 bits per heavy atom. The minimum atomic E-state index is -0.442. The molecule has 2 amide bonds. The van der Waals surface area contributed by atoms with Crippen molar-refractivity contribution in [1.29, 1.82) is 0 Å². The number of likely N-dealkylation sites (N-methyl/N-ethyl adjacent to an activating group) is 1. The average molecular weight is 336 g/mol. The highest BCUT2D eigenvalue weighted by molar-refractivity contribution is 5.96. The van der Waals surface area contributed by atoms with Gasteiger partial charge in [0.1, 0.15) is 6.61 Å². The van der Waals surface area contributed by atoms with Crippen molar-refractivity contribution in [2.75, 3.05) is 46.5 Å². The number of amides is 2. The second-order valence-electron chi connectivity index (χ2n) is 5.31. The summed E-state index contributed by atoms with van der Waals surface area (Å²) in [6.45, 7) is 2.53. The summed E-state index contributed by atoms with van der Waals surface area (Å²) in [5.74, 6) is -0.810. The van der Waals surface area contributed by atoms with Crippen LogP contribution in [0.4, 0.5) is 4.39 Å². The topological polar surface area (TPSA) is 59.1 Å². The van der Waals surface area contributed by atoms with E-state index < -0.39 is 5.82 Å². The zero-order valence-electron chi connectivity index (χ0n) is 13.6. The molecule has 0 unspecified atom stereocenters. The highest BCUT2D eigenvalue weighted by Gasteiger charge is 2.15. The van der Waals surface area contributed by atoms with Crippen molar-refractivity contribution in [2.45, 2.75) is 0 Å². The van der Waals surface area contributed by atoms with Crippen molar-refractivity contribution in [3.05, 3.63) is 42.2 Å². The van der Waals surface area contributed by atoms with Crippen LogP contribution in [0.5, 0.6) is 5.75 Å². The fraction of sp³-hybridized carbons (Fsp3) is 0.412. The second kappa shape index (κ2) is 9.02. The van der Waals surface area contributed by atoms with E-state index in [0.29, 0.717) is 26.3 Å². The van der Waals surface area contributed by atoms with Gasteiger partial charge >= 0.3 is 0 Å². The quantitative estimate of drug-likeness (QED) is 0.730. The molecule has 6 nitrogen and oxygen atoms in total. The van der Waals surface area contributed by atoms with Crippen molar-refractivity contribution in [3.63, 3.8) is 0 Å². The number of carbonyl (C=O) groups excluding carboxylic acids is 2. The van der Waals surface area contributed by atoms with Gasteiger partial charge in [0.15, 0.2) is 11.6 Å². The zero-order chi connectivity index (χ0) is 17.4. The van der Waals surface area contributed by atoms with Crippen LogP contribution in [0.3, 0.4) is 0 Å². The van der Waals surface area contributed by atoms with Gasteiger partial charge in [0, 0.05) is 32.3 Å². The third-order valence-electron chi connectivity index (χ3n) is 3.59. The molecule has 0 atom stereocenters. The minimum Gasteiger partial charge on any atom is -0.489 e. The number of ether oxygens (including phenoxy) is 2. The molecule has 7 heteroatoms. The summed E-state index contributed by atoms with van der Waals surface area (Å²) in [4.78, 5) is 26.9. The highest BCUT2D eigenvalue weighted by atomic mass is 19.1. The molecule has 0 N–H and O–H groups in total. The number of nitrogens with zero attached hydrogens (tertiary/aromatic N) is 2. The molecule has 1 aliphatic rings. The summed E-state index contributed by atoms with van der Waals surface area (Å²) in [6.07, 6.45) is 2.50. The molecular formula is C17H21FN2O4. The average Bonchev–Trinajstić information content (AvgIpc) is 2.61. The van der Waals surface area contributed by atoms with E-state index in [1.807, 2.05) is 0 Å². The molecule has 1 fully saturated rings. The van der Waals surface area contributed by atoms with Crippen molar-refractivity contribution in [2.24, 2.45) is 0 Å². The number of hydrogen-bond donors (Lipinski definition) is 0. The Morgan fingerprint density at radius 1 is 1.29 bits per heavy atom. The number of hydrogen-bond acceptors (Lipinski definition) is 4. The van der Waals surface area contributed by atoms with Gasteiger partial charge in [-0.15, -0.1) is 0 Å². The molecule has 1 aromatic carbocycles. The number of para-hydroxylation sites is 1. The van der Waals surface area contributed by atoms with Gasteiger partial charge in [-0.25, -0.2) is 4.39 Å². The van der Waals surface area contributed by atoms with Crippen molar-refractivity contribution in [1.82, 2.24) is 9.80 Å². The van der Waals surface area contributed by atoms with Crippen LogP contribution < -0.4 is 4.74 Å². The maximum absolute atomic E-state index is 13.4. The Labute approximate surface area is 140 Å². The smallest absolute Gasteiger partial charge is 0.246 e. The van der Waals surface area contributed by atoms with E-state index in [9.17, 15) is 14.0 Å². The summed E-state index contributed by atoms with van der Waals surface area (Å²) >= 11 is 0. The molecule has 1 aromatic rings. The molecule has 1 saturated heterocycles. The molecule has 24 heavy (non-hydrogen) atoms. The Bertz CT molecular complexity index is 600. The van der Waals surface area contributed by atoms with E-state index in [1.54, 1.807) is 24.1 Å². The van der Waals surface area contributed by atoms with Crippen LogP contribution in [-0.4, -0.2) is 68.1 Å². The van der Waals surface area contributed by atoms with Crippen LogP contribution in [0, 0.1) is 5.82 Å². The van der Waals surface area contributed by atoms with E-state index >= 15 is 0 Å². The van der Waals surface area contributed by atoms with Crippen molar-refractivity contribution < 1.29 is 23.5 Å². The number of morpholine rings is 1. The lowest BCUT2D eigenvalue weighted by Crippen LogP contribution is -2.40. The lowest BCUT2D eigenvalue weighted by atomic mass is 10.3. The predicted molar refractivity (Wildman–Crippen MR) is 86.1 cm³/mol. The number of carbonyl (C=O) groups is 2. The molecule has 0 aliphatic carbocycles. The molecule has 130 valence electrons. The Morgan fingerprint density at radius 3 is 2.71 bits per heavy atom. The SMILES string of the molecule is CN(CCOc1ccccc1F)C(=O)C=CC(=O)N1CCOCC1. The summed E-state index contributed by atoms with van der Waals surface area (Å²) in [6, 6.07) is 6.09. The third-order valence-corrected chi connectivity index (χ3v) is 3.59. The first kappa shape index (κ1) is 17.9. The highest BCUT2D eigenvalue weighted by Crippen LogP contribution is 2.14. The van der Waals surface area contributed by atoms with Crippen LogP contribution in [0.15, 0.2) is 36.4 Å². The lowest BCUT2D eigenvalue weighted by molar-refractivity contribution is -0.130. The van der Waals surface area contributed by atoms with Gasteiger partial charge in [-0.05, 0) is 12.1 Å². The molecule has 1 aliphatic heterocycles. The van der Waals surface area contributed by atoms with Gasteiger partial charge in [0.05, 0.1) is 19.8 Å². The summed E-state index contributed by atoms with van der Waals surface area (Å²) in [7, 11) is 1.59. The van der Waals surface area contributed by atoms with Crippen molar-refractivity contribution >= 4 is 11.8 Å². The van der Waals surface area contributed by atoms with Crippen LogP contribution in [0.2, 0.25) is 0 Å². The molecular weight excluding hydrogens is 315 g/mol. The molecule has 0 radical (unpaired) electrons. The second-order valence-corrected chi connectivity index (χ2v) is 5.31. The Kier molecular flexibility index (Phi) is 6.74. The van der Waals surface area contributed by atoms with E-state index in [1.165, 1.54) is 29.2 Å². The van der Waals surface area contributed by atoms with Gasteiger partial charge in [-0.1, -0.05) is 12.1 Å². The normalized spacial score (nSPS) is 14.7. The van der Waals surface area contributed by atoms with Gasteiger partial charge in [-0.3, -0.25) is 9.59 Å². The molecule has 0 bridgehead atoms. The molecule has 0 saturated carbocycles. The maximum atomic E-state index is 13.4. The zero-order valence-corrected chi connectivity index (χ0v) is 13.6. The molecule has 2 rings (SSSR count). The fourth-order valence-corrected chi connectivity index (χ4v) is 2.12. The van der Waals surface area contributed by atoms with E-state index in [2.05, 4.69) is 0 Å². The van der Waals surface area contributed by atoms with Gasteiger partial charge in [-0.2, -0.15) is 0 Å². The van der Waals surface area contributed by atoms with Gasteiger partial charge < -0.3 is 19.3 Å². The predicted octanol–water partition coefficient (Wildman–Crippen LogP) is 1.08. The number of halogens is 1. The molecule has 1 heterocycles. The molecule has 0 aromatic heterocycles. The number of benzene rings is 1. The van der Waals surface area contributed by atoms with Crippen LogP contribution in [-0.2, 0) is 14.3 Å². The Hall–Kier alpha value is -2.41. The van der Waals surface area contributed by atoms with E-state index in [0.717, 1.165) is 0 Å². The Balaban J connectivity index is 1.74. The lowest BCUT2D eigenvalue weighted by Gasteiger charge is -2.25. The minimum absolute atomic E-state index is 0.149. The van der Waals surface area contributed by atoms with Gasteiger partial charge in [0.2, 0.25) is 11.8 Å². The largest absolute Gasteiger partial charge is 0.489 e. The maximum Gasteiger partial charge on any atom is 0.246 e. The third kappa shape index (κ3) is 5.34. The van der Waals surface area contributed by atoms with Gasteiger partial charge in [0.25, 0.3) is 0 Å². The van der Waals surface area contributed by atoms with Crippen LogP contribution >= 0.6 is 0 Å².